The second-order valence-electron chi connectivity index (χ2n) is 2.62. The predicted octanol–water partition coefficient (Wildman–Crippen LogP) is 0.173. The van der Waals surface area contributed by atoms with Gasteiger partial charge in [0.25, 0.3) is 0 Å². The first-order valence-electron chi connectivity index (χ1n) is 4.02. The Morgan fingerprint density at radius 1 is 1.86 bits per heavy atom. The van der Waals surface area contributed by atoms with Gasteiger partial charge in [0, 0.05) is 18.0 Å². The molecule has 5 nitrogen and oxygen atoms in total. The maximum Gasteiger partial charge on any atom is 0.222 e. The zero-order valence-electron chi connectivity index (χ0n) is 7.43. The van der Waals surface area contributed by atoms with Crippen molar-refractivity contribution >= 4 is 17.2 Å². The molecule has 6 heteroatoms. The standard InChI is InChI=1S/C8H10N4OS/c9-1-2-11-7(13)5-6(10)8-12-3-4-14-8/h3-4,6H,2,5,10H2,(H,11,13). The van der Waals surface area contributed by atoms with Gasteiger partial charge in [-0.1, -0.05) is 0 Å². The van der Waals surface area contributed by atoms with Crippen LogP contribution in [0.3, 0.4) is 0 Å². The van der Waals surface area contributed by atoms with Crippen LogP contribution in [0.15, 0.2) is 11.6 Å². The van der Waals surface area contributed by atoms with Crippen LogP contribution >= 0.6 is 11.3 Å². The number of nitrogens with one attached hydrogen (secondary N) is 1. The highest BCUT2D eigenvalue weighted by Crippen LogP contribution is 2.15. The number of carbonyl (C=O) groups excluding carboxylic acids is 1. The molecule has 1 atom stereocenters. The van der Waals surface area contributed by atoms with Crippen molar-refractivity contribution < 1.29 is 4.79 Å². The highest BCUT2D eigenvalue weighted by molar-refractivity contribution is 7.09. The summed E-state index contributed by atoms with van der Waals surface area (Å²) in [7, 11) is 0. The van der Waals surface area contributed by atoms with E-state index in [9.17, 15) is 4.79 Å². The molecule has 1 unspecified atom stereocenters. The SMILES string of the molecule is N#CCNC(=O)CC(N)c1nccs1. The number of aromatic nitrogens is 1. The van der Waals surface area contributed by atoms with Crippen molar-refractivity contribution in [3.63, 3.8) is 0 Å². The average molecular weight is 210 g/mol. The molecule has 1 rings (SSSR count). The lowest BCUT2D eigenvalue weighted by molar-refractivity contribution is -0.121. The Balaban J connectivity index is 2.38. The van der Waals surface area contributed by atoms with E-state index in [4.69, 9.17) is 11.0 Å². The summed E-state index contributed by atoms with van der Waals surface area (Å²) < 4.78 is 0. The number of rotatable bonds is 4. The summed E-state index contributed by atoms with van der Waals surface area (Å²) >= 11 is 1.42. The summed E-state index contributed by atoms with van der Waals surface area (Å²) in [5.41, 5.74) is 5.72. The van der Waals surface area contributed by atoms with Gasteiger partial charge in [0.2, 0.25) is 5.91 Å². The van der Waals surface area contributed by atoms with Gasteiger partial charge < -0.3 is 11.1 Å². The molecule has 0 spiro atoms. The van der Waals surface area contributed by atoms with Gasteiger partial charge >= 0.3 is 0 Å². The molecule has 0 aliphatic carbocycles. The second-order valence-corrected chi connectivity index (χ2v) is 3.54. The highest BCUT2D eigenvalue weighted by Gasteiger charge is 2.12. The number of amides is 1. The van der Waals surface area contributed by atoms with E-state index in [1.165, 1.54) is 11.3 Å². The molecular formula is C8H10N4OS. The van der Waals surface area contributed by atoms with Crippen LogP contribution in [0, 0.1) is 11.3 Å². The predicted molar refractivity (Wildman–Crippen MR) is 52.3 cm³/mol. The highest BCUT2D eigenvalue weighted by atomic mass is 32.1. The van der Waals surface area contributed by atoms with Crippen LogP contribution in [-0.2, 0) is 4.79 Å². The molecule has 0 aliphatic rings. The molecule has 1 aromatic rings. The topological polar surface area (TPSA) is 91.8 Å². The quantitative estimate of drug-likeness (QED) is 0.693. The Morgan fingerprint density at radius 2 is 2.64 bits per heavy atom. The van der Waals surface area contributed by atoms with Crippen molar-refractivity contribution in [2.24, 2.45) is 5.73 Å². The second kappa shape index (κ2) is 5.32. The van der Waals surface area contributed by atoms with Gasteiger partial charge in [-0.05, 0) is 0 Å². The number of nitriles is 1. The van der Waals surface area contributed by atoms with Crippen LogP contribution in [0.2, 0.25) is 0 Å². The van der Waals surface area contributed by atoms with E-state index < -0.39 is 0 Å². The fourth-order valence-corrected chi connectivity index (χ4v) is 1.56. The van der Waals surface area contributed by atoms with Crippen LogP contribution in [0.4, 0.5) is 0 Å². The summed E-state index contributed by atoms with van der Waals surface area (Å²) in [6.45, 7) is 0.0173. The lowest BCUT2D eigenvalue weighted by Gasteiger charge is -2.06. The summed E-state index contributed by atoms with van der Waals surface area (Å²) in [4.78, 5) is 15.1. The number of thiazole rings is 1. The zero-order valence-corrected chi connectivity index (χ0v) is 8.25. The van der Waals surface area contributed by atoms with Crippen molar-refractivity contribution in [1.82, 2.24) is 10.3 Å². The van der Waals surface area contributed by atoms with E-state index in [1.807, 2.05) is 11.4 Å². The average Bonchev–Trinajstić information content (AvgIpc) is 2.67. The van der Waals surface area contributed by atoms with Gasteiger partial charge in [0.1, 0.15) is 11.6 Å². The third-order valence-electron chi connectivity index (χ3n) is 1.54. The molecule has 0 bridgehead atoms. The molecule has 1 aromatic heterocycles. The molecule has 0 fully saturated rings. The molecule has 74 valence electrons. The fourth-order valence-electron chi connectivity index (χ4n) is 0.915. The fraction of sp³-hybridized carbons (Fsp3) is 0.375. The van der Waals surface area contributed by atoms with E-state index in [-0.39, 0.29) is 24.9 Å². The van der Waals surface area contributed by atoms with Crippen LogP contribution in [-0.4, -0.2) is 17.4 Å². The molecule has 0 radical (unpaired) electrons. The first kappa shape index (κ1) is 10.6. The van der Waals surface area contributed by atoms with Gasteiger partial charge in [0.15, 0.2) is 0 Å². The molecule has 0 aromatic carbocycles. The van der Waals surface area contributed by atoms with E-state index in [0.29, 0.717) is 0 Å². The minimum absolute atomic E-state index is 0.0173. The first-order valence-corrected chi connectivity index (χ1v) is 4.90. The van der Waals surface area contributed by atoms with E-state index in [0.717, 1.165) is 5.01 Å². The van der Waals surface area contributed by atoms with Gasteiger partial charge in [-0.15, -0.1) is 11.3 Å². The number of carbonyl (C=O) groups is 1. The van der Waals surface area contributed by atoms with Crippen LogP contribution < -0.4 is 11.1 Å². The van der Waals surface area contributed by atoms with Gasteiger partial charge in [0.05, 0.1) is 12.1 Å². The van der Waals surface area contributed by atoms with E-state index in [1.54, 1.807) is 6.20 Å². The minimum atomic E-state index is -0.381. The number of nitrogens with zero attached hydrogens (tertiary/aromatic N) is 2. The first-order chi connectivity index (χ1) is 6.74. The molecule has 0 saturated heterocycles. The van der Waals surface area contributed by atoms with Crippen LogP contribution in [0.1, 0.15) is 17.5 Å². The van der Waals surface area contributed by atoms with E-state index in [2.05, 4.69) is 10.3 Å². The van der Waals surface area contributed by atoms with Crippen molar-refractivity contribution in [2.45, 2.75) is 12.5 Å². The number of hydrogen-bond acceptors (Lipinski definition) is 5. The third-order valence-corrected chi connectivity index (χ3v) is 2.45. The molecule has 14 heavy (non-hydrogen) atoms. The monoisotopic (exact) mass is 210 g/mol. The molecule has 1 amide bonds. The summed E-state index contributed by atoms with van der Waals surface area (Å²) in [6, 6.07) is 1.44. The smallest absolute Gasteiger partial charge is 0.222 e. The third kappa shape index (κ3) is 3.12. The van der Waals surface area contributed by atoms with Gasteiger partial charge in [-0.25, -0.2) is 4.98 Å². The van der Waals surface area contributed by atoms with Crippen LogP contribution in [0.5, 0.6) is 0 Å². The Labute approximate surface area is 85.6 Å². The van der Waals surface area contributed by atoms with Crippen molar-refractivity contribution in [2.75, 3.05) is 6.54 Å². The summed E-state index contributed by atoms with van der Waals surface area (Å²) in [6.07, 6.45) is 1.81. The molecule has 0 aliphatic heterocycles. The Hall–Kier alpha value is -1.45. The van der Waals surface area contributed by atoms with Crippen molar-refractivity contribution in [3.8, 4) is 6.07 Å². The Kier molecular flexibility index (Phi) is 4.04. The lowest BCUT2D eigenvalue weighted by Crippen LogP contribution is -2.27. The van der Waals surface area contributed by atoms with E-state index >= 15 is 0 Å². The normalized spacial score (nSPS) is 11.7. The molecule has 0 saturated carbocycles. The zero-order chi connectivity index (χ0) is 10.4. The summed E-state index contributed by atoms with van der Waals surface area (Å²) in [5.74, 6) is -0.228. The maximum absolute atomic E-state index is 11.1. The molecular weight excluding hydrogens is 200 g/mol. The number of hydrogen-bond donors (Lipinski definition) is 2. The number of nitrogens with two attached hydrogens (primary N) is 1. The van der Waals surface area contributed by atoms with Gasteiger partial charge in [-0.3, -0.25) is 4.79 Å². The molecule has 3 N–H and O–H groups in total. The molecule has 1 heterocycles. The summed E-state index contributed by atoms with van der Waals surface area (Å²) in [5, 5.41) is 13.2. The minimum Gasteiger partial charge on any atom is -0.343 e. The van der Waals surface area contributed by atoms with Crippen LogP contribution in [0.25, 0.3) is 0 Å². The Morgan fingerprint density at radius 3 is 3.21 bits per heavy atom. The largest absolute Gasteiger partial charge is 0.343 e. The van der Waals surface area contributed by atoms with Crippen molar-refractivity contribution in [1.29, 1.82) is 5.26 Å². The maximum atomic E-state index is 11.1. The lowest BCUT2D eigenvalue weighted by atomic mass is 10.2. The van der Waals surface area contributed by atoms with Gasteiger partial charge in [-0.2, -0.15) is 5.26 Å². The van der Waals surface area contributed by atoms with Crippen molar-refractivity contribution in [3.05, 3.63) is 16.6 Å². The Bertz CT molecular complexity index is 330.